The van der Waals surface area contributed by atoms with Crippen molar-refractivity contribution in [2.75, 3.05) is 18.9 Å². The lowest BCUT2D eigenvalue weighted by Crippen LogP contribution is -2.29. The molecule has 226 valence electrons. The van der Waals surface area contributed by atoms with Gasteiger partial charge < -0.3 is 15.3 Å². The summed E-state index contributed by atoms with van der Waals surface area (Å²) in [5, 5.41) is 17.4. The van der Waals surface area contributed by atoms with Gasteiger partial charge in [0.1, 0.15) is 0 Å². The summed E-state index contributed by atoms with van der Waals surface area (Å²) in [6.45, 7) is 6.29. The lowest BCUT2D eigenvalue weighted by molar-refractivity contribution is -0.138. The monoisotopic (exact) mass is 585 g/mol. The average Bonchev–Trinajstić information content (AvgIpc) is 3.41. The number of anilines is 1. The molecule has 1 atom stereocenters. The Balaban J connectivity index is 1.66. The molecule has 4 rings (SSSR count). The predicted molar refractivity (Wildman–Crippen MR) is 154 cm³/mol. The Labute approximate surface area is 243 Å². The van der Waals surface area contributed by atoms with E-state index in [4.69, 9.17) is 10.2 Å². The van der Waals surface area contributed by atoms with Gasteiger partial charge in [0, 0.05) is 48.2 Å². The first-order valence-corrected chi connectivity index (χ1v) is 14.2. The Morgan fingerprint density at radius 3 is 2.29 bits per heavy atom. The fourth-order valence-electron chi connectivity index (χ4n) is 5.40. The summed E-state index contributed by atoms with van der Waals surface area (Å²) in [6, 6.07) is 9.35. The Bertz CT molecular complexity index is 1370. The van der Waals surface area contributed by atoms with Gasteiger partial charge in [0.05, 0.1) is 23.7 Å². The summed E-state index contributed by atoms with van der Waals surface area (Å²) < 4.78 is 40.9. The zero-order chi connectivity index (χ0) is 30.7. The molecule has 1 aromatic carbocycles. The first-order chi connectivity index (χ1) is 19.7. The molecule has 1 fully saturated rings. The topological polar surface area (TPSA) is 100 Å². The lowest BCUT2D eigenvalue weighted by Gasteiger charge is -2.33. The first kappa shape index (κ1) is 31.1. The molecule has 0 radical (unpaired) electrons. The van der Waals surface area contributed by atoms with E-state index in [0.29, 0.717) is 17.3 Å². The maximum absolute atomic E-state index is 13.1. The number of carbonyl (C=O) groups excluding carboxylic acids is 1. The van der Waals surface area contributed by atoms with E-state index in [2.05, 4.69) is 31.1 Å². The highest BCUT2D eigenvalue weighted by Gasteiger charge is 2.34. The van der Waals surface area contributed by atoms with Crippen LogP contribution >= 0.6 is 0 Å². The van der Waals surface area contributed by atoms with Crippen molar-refractivity contribution in [2.45, 2.75) is 76.9 Å². The van der Waals surface area contributed by atoms with Crippen LogP contribution in [0.3, 0.4) is 0 Å². The minimum absolute atomic E-state index is 0.116. The van der Waals surface area contributed by atoms with Crippen molar-refractivity contribution in [3.8, 4) is 5.82 Å². The smallest absolute Gasteiger partial charge is 0.417 e. The third-order valence-electron chi connectivity index (χ3n) is 7.68. The number of rotatable bonds is 9. The van der Waals surface area contributed by atoms with Crippen LogP contribution in [0.4, 0.5) is 18.9 Å². The highest BCUT2D eigenvalue weighted by atomic mass is 19.4. The zero-order valence-corrected chi connectivity index (χ0v) is 24.4. The number of alkyl halides is 3. The fourth-order valence-corrected chi connectivity index (χ4v) is 5.40. The summed E-state index contributed by atoms with van der Waals surface area (Å²) in [6.07, 6.45) is 3.54. The largest absolute Gasteiger partial charge is 0.481 e. The van der Waals surface area contributed by atoms with E-state index < -0.39 is 17.7 Å². The lowest BCUT2D eigenvalue weighted by atomic mass is 9.78. The number of pyridine rings is 1. The van der Waals surface area contributed by atoms with Gasteiger partial charge in [-0.15, -0.1) is 0 Å². The van der Waals surface area contributed by atoms with Gasteiger partial charge in [0.2, 0.25) is 0 Å². The summed E-state index contributed by atoms with van der Waals surface area (Å²) in [5.41, 5.74) is 1.91. The van der Waals surface area contributed by atoms with Crippen LogP contribution in [0.2, 0.25) is 0 Å². The SMILES string of the molecule is CN(CCC(=O)O)C(=O)c1ccc(NC(c2cn(-c3ccc(C(F)(F)F)cn3)nc2C(C)(C)C)C2CCCCC2)cc1. The minimum atomic E-state index is -4.47. The van der Waals surface area contributed by atoms with Crippen LogP contribution in [0.1, 0.15) is 92.5 Å². The molecule has 1 aliphatic carbocycles. The molecule has 2 heterocycles. The molecular formula is C31H38F3N5O3. The van der Waals surface area contributed by atoms with Gasteiger partial charge in [-0.2, -0.15) is 18.3 Å². The maximum Gasteiger partial charge on any atom is 0.417 e. The predicted octanol–water partition coefficient (Wildman–Crippen LogP) is 6.86. The molecule has 1 saturated carbocycles. The molecule has 3 aromatic rings. The van der Waals surface area contributed by atoms with Crippen molar-refractivity contribution in [3.05, 3.63) is 71.2 Å². The third kappa shape index (κ3) is 7.49. The van der Waals surface area contributed by atoms with Crippen LogP contribution in [0.15, 0.2) is 48.8 Å². The van der Waals surface area contributed by atoms with E-state index in [1.165, 1.54) is 17.4 Å². The van der Waals surface area contributed by atoms with Gasteiger partial charge >= 0.3 is 12.1 Å². The van der Waals surface area contributed by atoms with Crippen LogP contribution < -0.4 is 5.32 Å². The Kier molecular flexibility index (Phi) is 9.27. The number of halogens is 3. The highest BCUT2D eigenvalue weighted by molar-refractivity contribution is 5.94. The fraction of sp³-hybridized carbons (Fsp3) is 0.484. The van der Waals surface area contributed by atoms with Crippen molar-refractivity contribution in [2.24, 2.45) is 5.92 Å². The van der Waals surface area contributed by atoms with Crippen LogP contribution in [0.5, 0.6) is 0 Å². The number of hydrogen-bond donors (Lipinski definition) is 2. The number of aromatic nitrogens is 3. The zero-order valence-electron chi connectivity index (χ0n) is 24.4. The molecule has 1 aliphatic rings. The molecule has 0 saturated heterocycles. The van der Waals surface area contributed by atoms with Gasteiger partial charge in [-0.05, 0) is 55.2 Å². The maximum atomic E-state index is 13.1. The number of amides is 1. The molecule has 1 amide bonds. The van der Waals surface area contributed by atoms with E-state index >= 15 is 0 Å². The summed E-state index contributed by atoms with van der Waals surface area (Å²) >= 11 is 0. The van der Waals surface area contributed by atoms with Crippen molar-refractivity contribution < 1.29 is 27.9 Å². The molecule has 11 heteroatoms. The van der Waals surface area contributed by atoms with Crippen LogP contribution in [-0.4, -0.2) is 50.2 Å². The quantitative estimate of drug-likeness (QED) is 0.285. The van der Waals surface area contributed by atoms with Gasteiger partial charge in [-0.3, -0.25) is 9.59 Å². The Morgan fingerprint density at radius 1 is 1.07 bits per heavy atom. The number of carboxylic acid groups (broad SMARTS) is 1. The van der Waals surface area contributed by atoms with Gasteiger partial charge in [-0.25, -0.2) is 9.67 Å². The summed E-state index contributed by atoms with van der Waals surface area (Å²) in [5.74, 6) is -0.611. The standard InChI is InChI=1S/C31H38F3N5O3/c1-30(2,3)28-24(19-39(37-28)25-15-12-22(18-35-25)31(32,33)34)27(20-8-6-5-7-9-20)36-23-13-10-21(11-14-23)29(42)38(4)17-16-26(40)41/h10-15,18-20,27,36H,5-9,16-17H2,1-4H3,(H,40,41). The van der Waals surface area contributed by atoms with E-state index in [1.54, 1.807) is 23.9 Å². The van der Waals surface area contributed by atoms with Crippen molar-refractivity contribution in [1.82, 2.24) is 19.7 Å². The number of carbonyl (C=O) groups is 2. The van der Waals surface area contributed by atoms with Crippen LogP contribution in [0.25, 0.3) is 5.82 Å². The number of nitrogens with one attached hydrogen (secondary N) is 1. The molecule has 0 spiro atoms. The Morgan fingerprint density at radius 2 is 1.74 bits per heavy atom. The average molecular weight is 586 g/mol. The second-order valence-electron chi connectivity index (χ2n) is 12.0. The third-order valence-corrected chi connectivity index (χ3v) is 7.68. The molecular weight excluding hydrogens is 547 g/mol. The minimum Gasteiger partial charge on any atom is -0.481 e. The van der Waals surface area contributed by atoms with Gasteiger partial charge in [0.25, 0.3) is 5.91 Å². The number of benzene rings is 1. The number of carboxylic acids is 1. The van der Waals surface area contributed by atoms with Crippen molar-refractivity contribution in [1.29, 1.82) is 0 Å². The molecule has 42 heavy (non-hydrogen) atoms. The summed E-state index contributed by atoms with van der Waals surface area (Å²) in [4.78, 5) is 29.1. The second kappa shape index (κ2) is 12.5. The van der Waals surface area contributed by atoms with E-state index in [0.717, 1.165) is 54.9 Å². The number of hydrogen-bond acceptors (Lipinski definition) is 5. The normalized spacial score (nSPS) is 15.3. The van der Waals surface area contributed by atoms with E-state index in [9.17, 15) is 22.8 Å². The van der Waals surface area contributed by atoms with Crippen molar-refractivity contribution in [3.63, 3.8) is 0 Å². The molecule has 8 nitrogen and oxygen atoms in total. The first-order valence-electron chi connectivity index (χ1n) is 14.2. The van der Waals surface area contributed by atoms with Crippen LogP contribution in [-0.2, 0) is 16.4 Å². The number of nitrogens with zero attached hydrogens (tertiary/aromatic N) is 4. The number of aliphatic carboxylic acids is 1. The molecule has 0 bridgehead atoms. The second-order valence-corrected chi connectivity index (χ2v) is 12.0. The van der Waals surface area contributed by atoms with Crippen LogP contribution in [0, 0.1) is 5.92 Å². The van der Waals surface area contributed by atoms with E-state index in [1.807, 2.05) is 18.3 Å². The molecule has 2 aromatic heterocycles. The molecule has 0 aliphatic heterocycles. The highest BCUT2D eigenvalue weighted by Crippen LogP contribution is 2.41. The van der Waals surface area contributed by atoms with Crippen molar-refractivity contribution >= 4 is 17.6 Å². The van der Waals surface area contributed by atoms with Gasteiger partial charge in [0.15, 0.2) is 5.82 Å². The molecule has 1 unspecified atom stereocenters. The summed E-state index contributed by atoms with van der Waals surface area (Å²) in [7, 11) is 1.58. The molecule has 2 N–H and O–H groups in total. The van der Waals surface area contributed by atoms with Gasteiger partial charge in [-0.1, -0.05) is 40.0 Å². The van der Waals surface area contributed by atoms with E-state index in [-0.39, 0.29) is 30.3 Å². The Hall–Kier alpha value is -3.89.